The Hall–Kier alpha value is -3.92. The zero-order valence-electron chi connectivity index (χ0n) is 17.7. The van der Waals surface area contributed by atoms with Crippen LogP contribution >= 0.6 is 11.6 Å². The second-order valence-corrected chi connectivity index (χ2v) is 7.86. The van der Waals surface area contributed by atoms with E-state index in [9.17, 15) is 22.8 Å². The molecule has 4 rings (SSSR count). The molecule has 2 aromatic carbocycles. The molecule has 0 bridgehead atoms. The molecular formula is C23H17ClF3N5O2. The lowest BCUT2D eigenvalue weighted by atomic mass is 10.1. The molecule has 7 nitrogen and oxygen atoms in total. The van der Waals surface area contributed by atoms with Crippen molar-refractivity contribution in [3.63, 3.8) is 0 Å². The van der Waals surface area contributed by atoms with E-state index in [-0.39, 0.29) is 17.8 Å². The molecule has 2 aromatic heterocycles. The summed E-state index contributed by atoms with van der Waals surface area (Å²) in [6.07, 6.45) is -4.61. The molecule has 174 valence electrons. The molecule has 0 saturated carbocycles. The van der Waals surface area contributed by atoms with Crippen LogP contribution < -0.4 is 11.1 Å². The number of primary amides is 1. The van der Waals surface area contributed by atoms with Gasteiger partial charge in [-0.1, -0.05) is 23.7 Å². The molecule has 0 fully saturated rings. The fourth-order valence-electron chi connectivity index (χ4n) is 3.53. The summed E-state index contributed by atoms with van der Waals surface area (Å²) in [5.41, 5.74) is 6.31. The number of alkyl halides is 3. The molecule has 0 spiro atoms. The van der Waals surface area contributed by atoms with Gasteiger partial charge in [0, 0.05) is 11.3 Å². The van der Waals surface area contributed by atoms with Gasteiger partial charge in [-0.2, -0.15) is 13.2 Å². The number of imidazole rings is 1. The number of nitrogens with zero attached hydrogens (tertiary/aromatic N) is 3. The van der Waals surface area contributed by atoms with Crippen LogP contribution in [0.5, 0.6) is 0 Å². The van der Waals surface area contributed by atoms with E-state index in [1.807, 2.05) is 0 Å². The first-order chi connectivity index (χ1) is 16.0. The van der Waals surface area contributed by atoms with E-state index in [1.165, 1.54) is 19.1 Å². The van der Waals surface area contributed by atoms with E-state index in [1.54, 1.807) is 34.9 Å². The van der Waals surface area contributed by atoms with Crippen LogP contribution in [0.1, 0.15) is 21.7 Å². The van der Waals surface area contributed by atoms with Crippen molar-refractivity contribution < 1.29 is 22.8 Å². The zero-order valence-corrected chi connectivity index (χ0v) is 18.4. The molecule has 4 aromatic rings. The average Bonchev–Trinajstić information content (AvgIpc) is 3.12. The number of anilines is 1. The molecule has 0 saturated heterocycles. The minimum atomic E-state index is -4.61. The summed E-state index contributed by atoms with van der Waals surface area (Å²) in [7, 11) is 0. The number of aryl methyl sites for hydroxylation is 1. The van der Waals surface area contributed by atoms with Crippen molar-refractivity contribution in [1.82, 2.24) is 14.5 Å². The summed E-state index contributed by atoms with van der Waals surface area (Å²) < 4.78 is 40.2. The molecular weight excluding hydrogens is 471 g/mol. The summed E-state index contributed by atoms with van der Waals surface area (Å²) in [5.74, 6) is -0.846. The maximum absolute atomic E-state index is 12.9. The summed E-state index contributed by atoms with van der Waals surface area (Å²) >= 11 is 6.41. The van der Waals surface area contributed by atoms with Gasteiger partial charge in [0.25, 0.3) is 5.91 Å². The van der Waals surface area contributed by atoms with Crippen LogP contribution in [0.2, 0.25) is 5.02 Å². The van der Waals surface area contributed by atoms with Gasteiger partial charge in [-0.3, -0.25) is 9.59 Å². The van der Waals surface area contributed by atoms with Gasteiger partial charge >= 0.3 is 6.18 Å². The van der Waals surface area contributed by atoms with Crippen molar-refractivity contribution >= 4 is 40.1 Å². The molecule has 11 heteroatoms. The summed E-state index contributed by atoms with van der Waals surface area (Å²) in [5, 5.41) is 2.95. The van der Waals surface area contributed by atoms with Crippen LogP contribution in [-0.4, -0.2) is 26.3 Å². The molecule has 3 N–H and O–H groups in total. The minimum Gasteiger partial charge on any atom is -0.368 e. The lowest BCUT2D eigenvalue weighted by Crippen LogP contribution is -2.19. The Morgan fingerprint density at radius 2 is 1.82 bits per heavy atom. The third-order valence-corrected chi connectivity index (χ3v) is 5.38. The Morgan fingerprint density at radius 3 is 2.50 bits per heavy atom. The second-order valence-electron chi connectivity index (χ2n) is 7.45. The molecule has 2 amide bonds. The third kappa shape index (κ3) is 4.58. The number of carbonyl (C=O) groups excluding carboxylic acids is 2. The average molecular weight is 488 g/mol. The van der Waals surface area contributed by atoms with Gasteiger partial charge in [0.05, 0.1) is 27.3 Å². The number of hydrogen-bond donors (Lipinski definition) is 2. The minimum absolute atomic E-state index is 0.00883. The van der Waals surface area contributed by atoms with Gasteiger partial charge in [0.1, 0.15) is 18.1 Å². The van der Waals surface area contributed by atoms with E-state index in [0.29, 0.717) is 33.1 Å². The fraction of sp³-hybridized carbons (Fsp3) is 0.130. The van der Waals surface area contributed by atoms with Crippen LogP contribution in [0, 0.1) is 6.92 Å². The van der Waals surface area contributed by atoms with Crippen LogP contribution in [0.15, 0.2) is 54.6 Å². The van der Waals surface area contributed by atoms with Gasteiger partial charge in [-0.25, -0.2) is 9.97 Å². The number of pyridine rings is 1. The first-order valence-corrected chi connectivity index (χ1v) is 10.3. The smallest absolute Gasteiger partial charge is 0.368 e. The molecule has 0 radical (unpaired) electrons. The highest BCUT2D eigenvalue weighted by Gasteiger charge is 2.33. The number of carbonyl (C=O) groups is 2. The van der Waals surface area contributed by atoms with Crippen molar-refractivity contribution in [3.05, 3.63) is 76.6 Å². The number of nitrogens with one attached hydrogen (secondary N) is 1. The third-order valence-electron chi connectivity index (χ3n) is 5.05. The van der Waals surface area contributed by atoms with E-state index in [0.717, 1.165) is 12.1 Å². The van der Waals surface area contributed by atoms with E-state index < -0.39 is 23.7 Å². The van der Waals surface area contributed by atoms with Gasteiger partial charge in [0.15, 0.2) is 0 Å². The Kier molecular flexibility index (Phi) is 6.01. The molecule has 2 heterocycles. The summed E-state index contributed by atoms with van der Waals surface area (Å²) in [6, 6.07) is 13.6. The molecule has 0 atom stereocenters. The lowest BCUT2D eigenvalue weighted by Gasteiger charge is -2.13. The highest BCUT2D eigenvalue weighted by Crippen LogP contribution is 2.33. The van der Waals surface area contributed by atoms with E-state index in [4.69, 9.17) is 17.3 Å². The first-order valence-electron chi connectivity index (χ1n) is 9.94. The largest absolute Gasteiger partial charge is 0.433 e. The quantitative estimate of drug-likeness (QED) is 0.421. The Morgan fingerprint density at radius 1 is 1.09 bits per heavy atom. The van der Waals surface area contributed by atoms with Gasteiger partial charge in [-0.15, -0.1) is 0 Å². The number of amides is 2. The van der Waals surface area contributed by atoms with Crippen LogP contribution in [0.4, 0.5) is 18.9 Å². The van der Waals surface area contributed by atoms with Crippen LogP contribution in [-0.2, 0) is 17.5 Å². The van der Waals surface area contributed by atoms with Crippen molar-refractivity contribution in [2.75, 3.05) is 5.32 Å². The Balaban J connectivity index is 1.70. The monoisotopic (exact) mass is 487 g/mol. The standard InChI is InChI=1S/C23H17ClF3N5O2/c1-12-14(7-9-19(29-12)23(25,26)27)22(34)30-13-6-8-16(24)15(10-13)21-31-17-4-2-3-5-18(17)32(21)11-20(28)33/h2-10H,11H2,1H3,(H2,28,33)(H,30,34). The molecule has 0 aliphatic carbocycles. The number of aromatic nitrogens is 3. The zero-order chi connectivity index (χ0) is 24.6. The first kappa shape index (κ1) is 23.2. The normalized spacial score (nSPS) is 11.6. The van der Waals surface area contributed by atoms with E-state index in [2.05, 4.69) is 15.3 Å². The maximum atomic E-state index is 12.9. The predicted molar refractivity (Wildman–Crippen MR) is 121 cm³/mol. The fourth-order valence-corrected chi connectivity index (χ4v) is 3.73. The molecule has 34 heavy (non-hydrogen) atoms. The van der Waals surface area contributed by atoms with Crippen molar-refractivity contribution in [3.8, 4) is 11.4 Å². The molecule has 0 unspecified atom stereocenters. The van der Waals surface area contributed by atoms with Crippen LogP contribution in [0.3, 0.4) is 0 Å². The number of benzene rings is 2. The number of nitrogens with two attached hydrogens (primary N) is 1. The number of hydrogen-bond acceptors (Lipinski definition) is 4. The van der Waals surface area contributed by atoms with Gasteiger partial charge < -0.3 is 15.6 Å². The topological polar surface area (TPSA) is 103 Å². The van der Waals surface area contributed by atoms with Gasteiger partial charge in [0.2, 0.25) is 5.91 Å². The molecule has 0 aliphatic rings. The van der Waals surface area contributed by atoms with Gasteiger partial charge in [-0.05, 0) is 49.4 Å². The number of rotatable bonds is 5. The lowest BCUT2D eigenvalue weighted by molar-refractivity contribution is -0.141. The Labute approximate surface area is 196 Å². The van der Waals surface area contributed by atoms with Crippen molar-refractivity contribution in [2.24, 2.45) is 5.73 Å². The SMILES string of the molecule is Cc1nc(C(F)(F)F)ccc1C(=O)Nc1ccc(Cl)c(-c2nc3ccccc3n2CC(N)=O)c1. The number of fused-ring (bicyclic) bond motifs is 1. The van der Waals surface area contributed by atoms with E-state index >= 15 is 0 Å². The van der Waals surface area contributed by atoms with Crippen molar-refractivity contribution in [1.29, 1.82) is 0 Å². The van der Waals surface area contributed by atoms with Crippen LogP contribution in [0.25, 0.3) is 22.4 Å². The maximum Gasteiger partial charge on any atom is 0.433 e. The number of halogens is 4. The second kappa shape index (κ2) is 8.79. The summed E-state index contributed by atoms with van der Waals surface area (Å²) in [4.78, 5) is 32.5. The Bertz CT molecular complexity index is 1430. The predicted octanol–water partition coefficient (Wildman–Crippen LogP) is 4.82. The van der Waals surface area contributed by atoms with Crippen molar-refractivity contribution in [2.45, 2.75) is 19.6 Å². The molecule has 0 aliphatic heterocycles. The number of para-hydroxylation sites is 2. The summed E-state index contributed by atoms with van der Waals surface area (Å²) in [6.45, 7) is 1.18. The highest BCUT2D eigenvalue weighted by molar-refractivity contribution is 6.33. The highest BCUT2D eigenvalue weighted by atomic mass is 35.5.